The van der Waals surface area contributed by atoms with Crippen LogP contribution in [-0.4, -0.2) is 143 Å². The smallest absolute Gasteiger partial charge is 0.313 e. The fourth-order valence-electron chi connectivity index (χ4n) is 7.82. The Balaban J connectivity index is 0.000000196. The van der Waals surface area contributed by atoms with Gasteiger partial charge in [0.2, 0.25) is 5.82 Å². The Bertz CT molecular complexity index is 2640. The summed E-state index contributed by atoms with van der Waals surface area (Å²) in [7, 11) is -6.01. The number of ether oxygens (including phenoxy) is 2. The van der Waals surface area contributed by atoms with E-state index >= 15 is 0 Å². The number of nitro groups is 1. The lowest BCUT2D eigenvalue weighted by Crippen LogP contribution is -2.40. The minimum absolute atomic E-state index is 0.0576. The molecule has 0 amide bonds. The molecule has 328 valence electrons. The van der Waals surface area contributed by atoms with Crippen molar-refractivity contribution in [3.8, 4) is 11.4 Å². The van der Waals surface area contributed by atoms with Crippen LogP contribution in [0, 0.1) is 22.9 Å². The summed E-state index contributed by atoms with van der Waals surface area (Å²) in [5.74, 6) is 1.11. The summed E-state index contributed by atoms with van der Waals surface area (Å²) in [4.78, 5) is 37.2. The van der Waals surface area contributed by atoms with Crippen LogP contribution < -0.4 is 24.9 Å². The van der Waals surface area contributed by atoms with Crippen LogP contribution in [-0.2, 0) is 29.1 Å². The summed E-state index contributed by atoms with van der Waals surface area (Å²) in [5.41, 5.74) is 5.67. The molecule has 0 aliphatic carbocycles. The van der Waals surface area contributed by atoms with Crippen LogP contribution in [0.4, 0.5) is 44.5 Å². The Morgan fingerprint density at radius 2 is 1.27 bits per heavy atom. The molecule has 8 heterocycles. The van der Waals surface area contributed by atoms with Gasteiger partial charge < -0.3 is 34.4 Å². The topological polar surface area (TPSA) is 206 Å². The highest BCUT2D eigenvalue weighted by molar-refractivity contribution is 7.91. The molecule has 1 N–H and O–H groups in total. The second kappa shape index (κ2) is 18.3. The van der Waals surface area contributed by atoms with E-state index in [0.717, 1.165) is 33.8 Å². The number of benzene rings is 1. The molecule has 18 nitrogen and oxygen atoms in total. The highest BCUT2D eigenvalue weighted by Crippen LogP contribution is 2.39. The Kier molecular flexibility index (Phi) is 12.7. The number of morpholine rings is 2. The molecule has 4 aliphatic heterocycles. The maximum Gasteiger partial charge on any atom is 0.313 e. The molecule has 0 unspecified atom stereocenters. The first kappa shape index (κ1) is 42.9. The summed E-state index contributed by atoms with van der Waals surface area (Å²) in [5, 5.41) is 15.8. The lowest BCUT2D eigenvalue weighted by Gasteiger charge is -2.32. The molecule has 4 aromatic heterocycles. The van der Waals surface area contributed by atoms with Crippen molar-refractivity contribution < 1.29 is 35.6 Å². The van der Waals surface area contributed by atoms with Crippen LogP contribution in [0.3, 0.4) is 0 Å². The van der Waals surface area contributed by atoms with Crippen molar-refractivity contribution in [3.63, 3.8) is 0 Å². The van der Waals surface area contributed by atoms with Gasteiger partial charge in [0.1, 0.15) is 5.82 Å². The standard InChI is InChI=1S/C28H29FN6O3S.C13H18N4O5S/c1-19-26(22-6-5-20(29)16-24(22)32-27(19)23-4-2-3-7-30-23)33-25-17-21(34-10-14-39(36,37)15-11-34)18-31-28(25)35-8-12-38-13-9-35;18-17(19)12-9-11(15-3-7-23(20,21)8-4-15)10-14-13(12)16-1-5-22-6-2-16/h2-7,16-18H,8-15H2,1H3,(H,32,33);9-10H,1-8H2. The lowest BCUT2D eigenvalue weighted by atomic mass is 10.0. The zero-order valence-electron chi connectivity index (χ0n) is 34.1. The predicted octanol–water partition coefficient (Wildman–Crippen LogP) is 4.02. The molecule has 0 spiro atoms. The van der Waals surface area contributed by atoms with E-state index in [9.17, 15) is 31.3 Å². The van der Waals surface area contributed by atoms with Crippen molar-refractivity contribution in [3.05, 3.63) is 88.6 Å². The Morgan fingerprint density at radius 3 is 1.84 bits per heavy atom. The molecule has 62 heavy (non-hydrogen) atoms. The van der Waals surface area contributed by atoms with E-state index in [1.165, 1.54) is 18.2 Å². The van der Waals surface area contributed by atoms with Crippen LogP contribution in [0.2, 0.25) is 0 Å². The monoisotopic (exact) mass is 890 g/mol. The lowest BCUT2D eigenvalue weighted by molar-refractivity contribution is -0.384. The zero-order chi connectivity index (χ0) is 43.4. The number of pyridine rings is 4. The van der Waals surface area contributed by atoms with Gasteiger partial charge >= 0.3 is 5.69 Å². The number of aromatic nitrogens is 4. The number of nitrogens with one attached hydrogen (secondary N) is 1. The van der Waals surface area contributed by atoms with Gasteiger partial charge in [0.15, 0.2) is 25.5 Å². The van der Waals surface area contributed by atoms with Gasteiger partial charge in [-0.05, 0) is 37.3 Å². The van der Waals surface area contributed by atoms with E-state index in [0.29, 0.717) is 107 Å². The maximum atomic E-state index is 14.3. The van der Waals surface area contributed by atoms with Crippen LogP contribution >= 0.6 is 0 Å². The SMILES string of the molecule is Cc1c(-c2ccccn2)nc2cc(F)ccc2c1Nc1cc(N2CCS(=O)(=O)CC2)cnc1N1CCOCC1.O=[N+]([O-])c1cc(N2CCS(=O)(=O)CC2)cnc1N1CCOCC1. The van der Waals surface area contributed by atoms with Crippen molar-refractivity contribution in [2.24, 2.45) is 0 Å². The highest BCUT2D eigenvalue weighted by atomic mass is 32.2. The summed E-state index contributed by atoms with van der Waals surface area (Å²) < 4.78 is 72.1. The van der Waals surface area contributed by atoms with E-state index in [2.05, 4.69) is 25.1 Å². The normalized spacial score (nSPS) is 18.8. The van der Waals surface area contributed by atoms with E-state index in [1.807, 2.05) is 41.0 Å². The molecule has 0 saturated carbocycles. The van der Waals surface area contributed by atoms with Crippen LogP contribution in [0.5, 0.6) is 0 Å². The molecule has 1 aromatic carbocycles. The highest BCUT2D eigenvalue weighted by Gasteiger charge is 2.28. The first-order valence-corrected chi connectivity index (χ1v) is 24.0. The zero-order valence-corrected chi connectivity index (χ0v) is 35.8. The number of fused-ring (bicyclic) bond motifs is 1. The van der Waals surface area contributed by atoms with Gasteiger partial charge in [-0.3, -0.25) is 15.1 Å². The number of rotatable bonds is 8. The molecule has 4 saturated heterocycles. The third kappa shape index (κ3) is 9.80. The molecule has 9 rings (SSSR count). The number of halogens is 1. The number of sulfone groups is 2. The first-order valence-electron chi connectivity index (χ1n) is 20.3. The molecular formula is C41H47FN10O8S2. The van der Waals surface area contributed by atoms with Crippen molar-refractivity contribution in [1.82, 2.24) is 19.9 Å². The van der Waals surface area contributed by atoms with Crippen molar-refractivity contribution in [2.75, 3.05) is 127 Å². The van der Waals surface area contributed by atoms with Crippen molar-refractivity contribution >= 4 is 70.7 Å². The summed E-state index contributed by atoms with van der Waals surface area (Å²) in [6, 6.07) is 13.7. The number of anilines is 6. The van der Waals surface area contributed by atoms with Gasteiger partial charge in [0.05, 0.1) is 106 Å². The van der Waals surface area contributed by atoms with Crippen molar-refractivity contribution in [1.29, 1.82) is 0 Å². The Hall–Kier alpha value is -5.77. The van der Waals surface area contributed by atoms with Crippen LogP contribution in [0.25, 0.3) is 22.3 Å². The number of hydrogen-bond donors (Lipinski definition) is 1. The van der Waals surface area contributed by atoms with E-state index in [4.69, 9.17) is 19.4 Å². The van der Waals surface area contributed by atoms with Crippen molar-refractivity contribution in [2.45, 2.75) is 6.92 Å². The second-order valence-corrected chi connectivity index (χ2v) is 19.9. The minimum Gasteiger partial charge on any atom is -0.378 e. The van der Waals surface area contributed by atoms with Gasteiger partial charge in [-0.2, -0.15) is 0 Å². The number of nitrogens with zero attached hydrogens (tertiary/aromatic N) is 9. The number of hydrogen-bond acceptors (Lipinski definition) is 17. The second-order valence-electron chi connectivity index (χ2n) is 15.3. The van der Waals surface area contributed by atoms with Gasteiger partial charge in [0, 0.05) is 81.6 Å². The fourth-order valence-corrected chi connectivity index (χ4v) is 10.2. The molecule has 4 aliphatic rings. The van der Waals surface area contributed by atoms with Gasteiger partial charge in [-0.25, -0.2) is 36.2 Å². The first-order chi connectivity index (χ1) is 29.8. The van der Waals surface area contributed by atoms with E-state index in [1.54, 1.807) is 24.7 Å². The average Bonchev–Trinajstić information content (AvgIpc) is 3.28. The summed E-state index contributed by atoms with van der Waals surface area (Å²) >= 11 is 0. The Morgan fingerprint density at radius 1 is 0.710 bits per heavy atom. The molecule has 0 atom stereocenters. The largest absolute Gasteiger partial charge is 0.378 e. The Labute approximate surface area is 358 Å². The minimum atomic E-state index is -3.02. The van der Waals surface area contributed by atoms with Crippen LogP contribution in [0.1, 0.15) is 5.56 Å². The van der Waals surface area contributed by atoms with Gasteiger partial charge in [-0.15, -0.1) is 0 Å². The molecule has 21 heteroatoms. The molecule has 0 radical (unpaired) electrons. The quantitative estimate of drug-likeness (QED) is 0.173. The summed E-state index contributed by atoms with van der Waals surface area (Å²) in [6.07, 6.45) is 5.10. The van der Waals surface area contributed by atoms with Gasteiger partial charge in [0.25, 0.3) is 0 Å². The average molecular weight is 891 g/mol. The summed E-state index contributed by atoms with van der Waals surface area (Å²) in [6.45, 7) is 8.24. The third-order valence-electron chi connectivity index (χ3n) is 11.3. The third-order valence-corrected chi connectivity index (χ3v) is 14.5. The van der Waals surface area contributed by atoms with E-state index < -0.39 is 24.6 Å². The molecule has 5 aromatic rings. The molecule has 0 bridgehead atoms. The van der Waals surface area contributed by atoms with Crippen LogP contribution in [0.15, 0.2) is 67.1 Å². The fraction of sp³-hybridized carbons (Fsp3) is 0.415. The van der Waals surface area contributed by atoms with E-state index in [-0.39, 0.29) is 34.5 Å². The molecule has 4 fully saturated rings. The predicted molar refractivity (Wildman–Crippen MR) is 236 cm³/mol. The molecular weight excluding hydrogens is 844 g/mol. The maximum absolute atomic E-state index is 14.3. The van der Waals surface area contributed by atoms with Gasteiger partial charge in [-0.1, -0.05) is 6.07 Å².